The molecule has 5 aromatic carbocycles. The first kappa shape index (κ1) is 39.7. The molecule has 1 N–H and O–H groups in total. The number of alkyl halides is 1. The van der Waals surface area contributed by atoms with Crippen molar-refractivity contribution < 1.29 is 33.1 Å². The van der Waals surface area contributed by atoms with Gasteiger partial charge in [-0.2, -0.15) is 4.91 Å². The van der Waals surface area contributed by atoms with Crippen LogP contribution in [0.5, 0.6) is 0 Å². The molecule has 0 spiro atoms. The second-order valence-electron chi connectivity index (χ2n) is 13.0. The number of hydrogen-bond acceptors (Lipinski definition) is 9. The van der Waals surface area contributed by atoms with Crippen molar-refractivity contribution in [2.45, 2.75) is 31.0 Å². The van der Waals surface area contributed by atoms with Crippen LogP contribution in [-0.4, -0.2) is 48.0 Å². The van der Waals surface area contributed by atoms with E-state index in [0.29, 0.717) is 26.9 Å². The lowest BCUT2D eigenvalue weighted by Crippen LogP contribution is -2.43. The van der Waals surface area contributed by atoms with Crippen LogP contribution in [0.15, 0.2) is 133 Å². The van der Waals surface area contributed by atoms with Crippen molar-refractivity contribution >= 4 is 52.7 Å². The van der Waals surface area contributed by atoms with Crippen LogP contribution < -0.4 is 5.48 Å². The van der Waals surface area contributed by atoms with Gasteiger partial charge in [-0.1, -0.05) is 113 Å². The fourth-order valence-corrected chi connectivity index (χ4v) is 6.57. The third kappa shape index (κ3) is 9.09. The van der Waals surface area contributed by atoms with Crippen molar-refractivity contribution in [1.82, 2.24) is 10.4 Å². The molecule has 5 aromatic rings. The molecule has 1 aliphatic rings. The van der Waals surface area contributed by atoms with Crippen LogP contribution in [0.4, 0.5) is 4.39 Å². The molecule has 0 radical (unpaired) electrons. The number of carbonyl (C=O) groups excluding carboxylic acids is 4. The lowest BCUT2D eigenvalue weighted by atomic mass is 9.89. The van der Waals surface area contributed by atoms with Crippen molar-refractivity contribution in [1.29, 1.82) is 0 Å². The number of hydroxylamine groups is 1. The molecule has 0 saturated heterocycles. The Bertz CT molecular complexity index is 2250. The number of nitroso groups, excluding NO2 is 1. The monoisotopic (exact) mass is 793 g/mol. The minimum Gasteiger partial charge on any atom is -0.391 e. The summed E-state index contributed by atoms with van der Waals surface area (Å²) in [5, 5.41) is 4.29. The first-order valence-electron chi connectivity index (χ1n) is 17.4. The van der Waals surface area contributed by atoms with Crippen molar-refractivity contribution in [3.63, 3.8) is 0 Å². The number of halogens is 3. The third-order valence-electron chi connectivity index (χ3n) is 9.36. The minimum atomic E-state index is -3.03. The van der Waals surface area contributed by atoms with Gasteiger partial charge in [0.25, 0.3) is 11.8 Å². The summed E-state index contributed by atoms with van der Waals surface area (Å²) in [5.74, 6) is -4.02. The molecule has 0 aromatic heterocycles. The standard InChI is InChI=1S/C43H34Cl2FN3O7/c1-55-48-37(31-10-6-27(7-11-31)29-14-18-33(44)19-15-29)22-23-39(50)56-42(53)43(46,24-25-49-40(51)35-4-2-3-5-36(35)41(49)52)26-38(47-54)32-12-8-28(9-13-32)30-16-20-34(45)21-17-30/h2-22,38,48H,23-26H2,1H3. The molecule has 1 heterocycles. The summed E-state index contributed by atoms with van der Waals surface area (Å²) in [4.78, 5) is 71.0. The second kappa shape index (κ2) is 17.6. The van der Waals surface area contributed by atoms with Crippen LogP contribution in [0.1, 0.15) is 57.1 Å². The summed E-state index contributed by atoms with van der Waals surface area (Å²) in [6.45, 7) is -0.541. The zero-order valence-electron chi connectivity index (χ0n) is 29.9. The zero-order chi connectivity index (χ0) is 39.8. The number of carbonyl (C=O) groups is 4. The molecule has 56 heavy (non-hydrogen) atoms. The van der Waals surface area contributed by atoms with E-state index in [0.717, 1.165) is 27.2 Å². The van der Waals surface area contributed by atoms with Gasteiger partial charge < -0.3 is 4.74 Å². The number of ether oxygens (including phenoxy) is 1. The number of hydrogen-bond donors (Lipinski definition) is 1. The van der Waals surface area contributed by atoms with Gasteiger partial charge in [0.05, 0.1) is 30.4 Å². The van der Waals surface area contributed by atoms with Gasteiger partial charge >= 0.3 is 11.9 Å². The second-order valence-corrected chi connectivity index (χ2v) is 13.8. The van der Waals surface area contributed by atoms with Crippen molar-refractivity contribution in [3.05, 3.63) is 165 Å². The Hall–Kier alpha value is -6.01. The van der Waals surface area contributed by atoms with Gasteiger partial charge in [0.2, 0.25) is 5.67 Å². The van der Waals surface area contributed by atoms with Crippen LogP contribution in [0, 0.1) is 4.91 Å². The maximum absolute atomic E-state index is 17.1. The summed E-state index contributed by atoms with van der Waals surface area (Å²) < 4.78 is 22.2. The van der Waals surface area contributed by atoms with Crippen LogP contribution in [-0.2, 0) is 19.2 Å². The molecule has 0 bridgehead atoms. The van der Waals surface area contributed by atoms with E-state index >= 15 is 4.39 Å². The molecule has 0 saturated carbocycles. The topological polar surface area (TPSA) is 131 Å². The SMILES string of the molecule is CONC(=CCC(=O)OC(=O)C(F)(CCN1C(=O)c2ccccc2C1=O)CC(N=O)c1ccc(-c2ccc(Cl)cc2)cc1)c1ccc(-c2ccc(Cl)cc2)cc1. The Morgan fingerprint density at radius 3 is 1.75 bits per heavy atom. The van der Waals surface area contributed by atoms with Gasteiger partial charge in [-0.25, -0.2) is 9.18 Å². The Kier molecular flexibility index (Phi) is 12.5. The number of esters is 2. The van der Waals surface area contributed by atoms with E-state index in [4.69, 9.17) is 32.8 Å². The molecule has 10 nitrogen and oxygen atoms in total. The Morgan fingerprint density at radius 2 is 1.27 bits per heavy atom. The van der Waals surface area contributed by atoms with E-state index < -0.39 is 61.3 Å². The van der Waals surface area contributed by atoms with Gasteiger partial charge in [0.15, 0.2) is 0 Å². The smallest absolute Gasteiger partial charge is 0.351 e. The molecule has 6 rings (SSSR count). The first-order valence-corrected chi connectivity index (χ1v) is 18.2. The number of fused-ring (bicyclic) bond motifs is 1. The number of nitrogens with zero attached hydrogens (tertiary/aromatic N) is 2. The van der Waals surface area contributed by atoms with E-state index in [1.54, 1.807) is 72.8 Å². The Morgan fingerprint density at radius 1 is 0.786 bits per heavy atom. The number of benzene rings is 5. The summed E-state index contributed by atoms with van der Waals surface area (Å²) in [5.41, 5.74) is 4.70. The molecule has 284 valence electrons. The van der Waals surface area contributed by atoms with Gasteiger partial charge in [0, 0.05) is 29.4 Å². The summed E-state index contributed by atoms with van der Waals surface area (Å²) in [7, 11) is 1.38. The molecule has 13 heteroatoms. The van der Waals surface area contributed by atoms with E-state index in [-0.39, 0.29) is 11.1 Å². The maximum atomic E-state index is 17.1. The quantitative estimate of drug-likeness (QED) is 0.0365. The van der Waals surface area contributed by atoms with Gasteiger partial charge in [0.1, 0.15) is 6.04 Å². The fraction of sp³-hybridized carbons (Fsp3) is 0.163. The van der Waals surface area contributed by atoms with Crippen molar-refractivity contribution in [2.24, 2.45) is 5.18 Å². The molecule has 0 aliphatic carbocycles. The van der Waals surface area contributed by atoms with Crippen LogP contribution >= 0.6 is 23.2 Å². The average Bonchev–Trinajstić information content (AvgIpc) is 3.46. The van der Waals surface area contributed by atoms with E-state index in [1.165, 1.54) is 25.3 Å². The highest BCUT2D eigenvalue weighted by molar-refractivity contribution is 6.31. The lowest BCUT2D eigenvalue weighted by Gasteiger charge is -2.27. The molecule has 2 atom stereocenters. The lowest BCUT2D eigenvalue weighted by molar-refractivity contribution is -0.169. The fourth-order valence-electron chi connectivity index (χ4n) is 6.32. The molecular weight excluding hydrogens is 760 g/mol. The maximum Gasteiger partial charge on any atom is 0.351 e. The molecule has 2 amide bonds. The zero-order valence-corrected chi connectivity index (χ0v) is 31.4. The third-order valence-corrected chi connectivity index (χ3v) is 9.86. The van der Waals surface area contributed by atoms with Crippen LogP contribution in [0.25, 0.3) is 28.0 Å². The number of amides is 2. The average molecular weight is 795 g/mol. The number of imide groups is 1. The van der Waals surface area contributed by atoms with E-state index in [9.17, 15) is 24.1 Å². The summed E-state index contributed by atoms with van der Waals surface area (Å²) in [6.07, 6.45) is -0.677. The Labute approximate surface area is 331 Å². The summed E-state index contributed by atoms with van der Waals surface area (Å²) in [6, 6.07) is 33.0. The predicted molar refractivity (Wildman–Crippen MR) is 211 cm³/mol. The van der Waals surface area contributed by atoms with Gasteiger partial charge in [-0.15, -0.1) is 0 Å². The van der Waals surface area contributed by atoms with Gasteiger partial charge in [-0.05, 0) is 75.9 Å². The van der Waals surface area contributed by atoms with Crippen molar-refractivity contribution in [2.75, 3.05) is 13.7 Å². The molecule has 0 fully saturated rings. The number of nitrogens with one attached hydrogen (secondary N) is 1. The predicted octanol–water partition coefficient (Wildman–Crippen LogP) is 9.57. The normalized spacial score (nSPS) is 14.1. The minimum absolute atomic E-state index is 0.139. The van der Waals surface area contributed by atoms with E-state index in [1.807, 2.05) is 36.4 Å². The highest BCUT2D eigenvalue weighted by Gasteiger charge is 2.46. The highest BCUT2D eigenvalue weighted by Crippen LogP contribution is 2.36. The van der Waals surface area contributed by atoms with Gasteiger partial charge in [-0.3, -0.25) is 29.6 Å². The molecular formula is C43H34Cl2FN3O7. The van der Waals surface area contributed by atoms with E-state index in [2.05, 4.69) is 10.7 Å². The highest BCUT2D eigenvalue weighted by atomic mass is 35.5. The Balaban J connectivity index is 1.20. The number of rotatable bonds is 15. The molecule has 2 unspecified atom stereocenters. The molecule has 1 aliphatic heterocycles. The summed E-state index contributed by atoms with van der Waals surface area (Å²) >= 11 is 12.0. The first-order chi connectivity index (χ1) is 27.0. The largest absolute Gasteiger partial charge is 0.391 e. The van der Waals surface area contributed by atoms with Crippen molar-refractivity contribution in [3.8, 4) is 22.3 Å². The van der Waals surface area contributed by atoms with Crippen LogP contribution in [0.3, 0.4) is 0 Å². The van der Waals surface area contributed by atoms with Crippen LogP contribution in [0.2, 0.25) is 10.0 Å².